The molecule has 0 aliphatic heterocycles. The predicted octanol–water partition coefficient (Wildman–Crippen LogP) is 2.98. The van der Waals surface area contributed by atoms with Gasteiger partial charge in [0.2, 0.25) is 5.88 Å². The lowest BCUT2D eigenvalue weighted by Gasteiger charge is -2.20. The van der Waals surface area contributed by atoms with E-state index in [-0.39, 0.29) is 5.54 Å². The van der Waals surface area contributed by atoms with Crippen LogP contribution in [0.3, 0.4) is 0 Å². The summed E-state index contributed by atoms with van der Waals surface area (Å²) in [6, 6.07) is 5.79. The third-order valence-corrected chi connectivity index (χ3v) is 2.74. The lowest BCUT2D eigenvalue weighted by molar-refractivity contribution is 0.416. The van der Waals surface area contributed by atoms with E-state index < -0.39 is 0 Å². The molecule has 5 heteroatoms. The molecule has 0 bridgehead atoms. The van der Waals surface area contributed by atoms with Gasteiger partial charge in [-0.15, -0.1) is 0 Å². The molecule has 108 valence electrons. The number of aromatic nitrogens is 3. The van der Waals surface area contributed by atoms with E-state index in [9.17, 15) is 0 Å². The van der Waals surface area contributed by atoms with Crippen LogP contribution in [0.1, 0.15) is 33.4 Å². The summed E-state index contributed by atoms with van der Waals surface area (Å²) in [5, 5.41) is 7.58. The molecule has 0 aromatic carbocycles. The SMILES string of the molecule is CCn1cc(Oc2cccc(CNC(C)(C)C)n2)cn1. The van der Waals surface area contributed by atoms with Gasteiger partial charge in [0, 0.05) is 24.7 Å². The summed E-state index contributed by atoms with van der Waals surface area (Å²) in [6.07, 6.45) is 3.56. The van der Waals surface area contributed by atoms with Crippen molar-refractivity contribution in [2.75, 3.05) is 0 Å². The second kappa shape index (κ2) is 6.05. The van der Waals surface area contributed by atoms with E-state index in [1.807, 2.05) is 36.0 Å². The maximum Gasteiger partial charge on any atom is 0.219 e. The second-order valence-electron chi connectivity index (χ2n) is 5.70. The molecule has 2 rings (SSSR count). The summed E-state index contributed by atoms with van der Waals surface area (Å²) in [7, 11) is 0. The third kappa shape index (κ3) is 4.35. The van der Waals surface area contributed by atoms with Crippen LogP contribution in [0.2, 0.25) is 0 Å². The molecule has 0 aliphatic carbocycles. The van der Waals surface area contributed by atoms with E-state index in [4.69, 9.17) is 4.74 Å². The van der Waals surface area contributed by atoms with Crippen LogP contribution in [0.5, 0.6) is 11.6 Å². The number of pyridine rings is 1. The minimum absolute atomic E-state index is 0.0702. The molecule has 0 fully saturated rings. The lowest BCUT2D eigenvalue weighted by atomic mass is 10.1. The van der Waals surface area contributed by atoms with Crippen molar-refractivity contribution >= 4 is 0 Å². The molecular formula is C15H22N4O. The summed E-state index contributed by atoms with van der Waals surface area (Å²) in [4.78, 5) is 4.48. The normalized spacial score (nSPS) is 11.6. The van der Waals surface area contributed by atoms with Crippen molar-refractivity contribution in [3.8, 4) is 11.6 Å². The van der Waals surface area contributed by atoms with Gasteiger partial charge in [0.1, 0.15) is 0 Å². The quantitative estimate of drug-likeness (QED) is 0.910. The lowest BCUT2D eigenvalue weighted by Crippen LogP contribution is -2.35. The number of hydrogen-bond donors (Lipinski definition) is 1. The number of hydrogen-bond acceptors (Lipinski definition) is 4. The summed E-state index contributed by atoms with van der Waals surface area (Å²) in [5.74, 6) is 1.30. The van der Waals surface area contributed by atoms with Crippen molar-refractivity contribution < 1.29 is 4.74 Å². The van der Waals surface area contributed by atoms with E-state index in [1.54, 1.807) is 6.20 Å². The first-order valence-electron chi connectivity index (χ1n) is 6.87. The number of nitrogens with zero attached hydrogens (tertiary/aromatic N) is 3. The highest BCUT2D eigenvalue weighted by Crippen LogP contribution is 2.18. The largest absolute Gasteiger partial charge is 0.436 e. The van der Waals surface area contributed by atoms with E-state index in [0.29, 0.717) is 11.6 Å². The van der Waals surface area contributed by atoms with Gasteiger partial charge < -0.3 is 10.1 Å². The molecule has 0 amide bonds. The Bertz CT molecular complexity index is 557. The summed E-state index contributed by atoms with van der Waals surface area (Å²) in [5.41, 5.74) is 1.03. The van der Waals surface area contributed by atoms with Crippen molar-refractivity contribution in [3.05, 3.63) is 36.3 Å². The van der Waals surface area contributed by atoms with Crippen LogP contribution in [0, 0.1) is 0 Å². The standard InChI is InChI=1S/C15H22N4O/c1-5-19-11-13(10-17-19)20-14-8-6-7-12(18-14)9-16-15(2,3)4/h6-8,10-11,16H,5,9H2,1-4H3. The van der Waals surface area contributed by atoms with E-state index in [1.165, 1.54) is 0 Å². The average molecular weight is 274 g/mol. The Hall–Kier alpha value is -1.88. The van der Waals surface area contributed by atoms with Gasteiger partial charge >= 0.3 is 0 Å². The molecule has 1 N–H and O–H groups in total. The number of ether oxygens (including phenoxy) is 1. The molecule has 2 heterocycles. The Labute approximate surface area is 120 Å². The molecule has 0 spiro atoms. The van der Waals surface area contributed by atoms with Crippen molar-refractivity contribution in [1.82, 2.24) is 20.1 Å². The highest BCUT2D eigenvalue weighted by atomic mass is 16.5. The van der Waals surface area contributed by atoms with Crippen molar-refractivity contribution in [3.63, 3.8) is 0 Å². The average Bonchev–Trinajstić information content (AvgIpc) is 2.84. The Morgan fingerprint density at radius 3 is 2.75 bits per heavy atom. The maximum absolute atomic E-state index is 5.71. The van der Waals surface area contributed by atoms with E-state index >= 15 is 0 Å². The van der Waals surface area contributed by atoms with Gasteiger partial charge in [-0.3, -0.25) is 4.68 Å². The Balaban J connectivity index is 2.02. The zero-order valence-electron chi connectivity index (χ0n) is 12.6. The fraction of sp³-hybridized carbons (Fsp3) is 0.467. The smallest absolute Gasteiger partial charge is 0.219 e. The van der Waals surface area contributed by atoms with Crippen molar-refractivity contribution in [2.24, 2.45) is 0 Å². The Kier molecular flexibility index (Phi) is 4.39. The number of nitrogens with one attached hydrogen (secondary N) is 1. The maximum atomic E-state index is 5.71. The second-order valence-corrected chi connectivity index (χ2v) is 5.70. The minimum atomic E-state index is 0.0702. The van der Waals surface area contributed by atoms with Crippen LogP contribution < -0.4 is 10.1 Å². The molecule has 0 unspecified atom stereocenters. The predicted molar refractivity (Wildman–Crippen MR) is 78.8 cm³/mol. The fourth-order valence-electron chi connectivity index (χ4n) is 1.66. The summed E-state index contributed by atoms with van der Waals surface area (Å²) >= 11 is 0. The van der Waals surface area contributed by atoms with Crippen LogP contribution >= 0.6 is 0 Å². The third-order valence-electron chi connectivity index (χ3n) is 2.74. The Morgan fingerprint density at radius 2 is 2.10 bits per heavy atom. The molecule has 0 aliphatic rings. The van der Waals surface area contributed by atoms with Gasteiger partial charge in [-0.2, -0.15) is 5.10 Å². The molecule has 20 heavy (non-hydrogen) atoms. The van der Waals surface area contributed by atoms with Gasteiger partial charge in [-0.25, -0.2) is 4.98 Å². The van der Waals surface area contributed by atoms with Crippen LogP contribution in [-0.4, -0.2) is 20.3 Å². The van der Waals surface area contributed by atoms with Gasteiger partial charge in [0.05, 0.1) is 18.1 Å². The molecular weight excluding hydrogens is 252 g/mol. The summed E-state index contributed by atoms with van der Waals surface area (Å²) in [6.45, 7) is 9.97. The molecule has 2 aromatic heterocycles. The monoisotopic (exact) mass is 274 g/mol. The first-order valence-corrected chi connectivity index (χ1v) is 6.87. The molecule has 0 atom stereocenters. The molecule has 0 saturated heterocycles. The van der Waals surface area contributed by atoms with Crippen molar-refractivity contribution in [2.45, 2.75) is 46.3 Å². The van der Waals surface area contributed by atoms with E-state index in [0.717, 1.165) is 18.8 Å². The van der Waals surface area contributed by atoms with Gasteiger partial charge in [-0.05, 0) is 33.8 Å². The zero-order valence-corrected chi connectivity index (χ0v) is 12.6. The van der Waals surface area contributed by atoms with Crippen LogP contribution in [0.25, 0.3) is 0 Å². The fourth-order valence-corrected chi connectivity index (χ4v) is 1.66. The zero-order chi connectivity index (χ0) is 14.6. The van der Waals surface area contributed by atoms with Gasteiger partial charge in [-0.1, -0.05) is 6.07 Å². The molecule has 0 saturated carbocycles. The Morgan fingerprint density at radius 1 is 1.30 bits per heavy atom. The topological polar surface area (TPSA) is 52.0 Å². The number of rotatable bonds is 5. The molecule has 5 nitrogen and oxygen atoms in total. The van der Waals surface area contributed by atoms with E-state index in [2.05, 4.69) is 36.2 Å². The van der Waals surface area contributed by atoms with Crippen LogP contribution in [0.4, 0.5) is 0 Å². The first kappa shape index (κ1) is 14.5. The van der Waals surface area contributed by atoms with Gasteiger partial charge in [0.25, 0.3) is 0 Å². The first-order chi connectivity index (χ1) is 9.46. The summed E-state index contributed by atoms with van der Waals surface area (Å²) < 4.78 is 7.53. The minimum Gasteiger partial charge on any atom is -0.436 e. The van der Waals surface area contributed by atoms with Crippen LogP contribution in [-0.2, 0) is 13.1 Å². The number of aryl methyl sites for hydroxylation is 1. The highest BCUT2D eigenvalue weighted by molar-refractivity contribution is 5.23. The highest BCUT2D eigenvalue weighted by Gasteiger charge is 2.09. The van der Waals surface area contributed by atoms with Crippen LogP contribution in [0.15, 0.2) is 30.6 Å². The molecule has 2 aromatic rings. The molecule has 0 radical (unpaired) electrons. The van der Waals surface area contributed by atoms with Gasteiger partial charge in [0.15, 0.2) is 5.75 Å². The van der Waals surface area contributed by atoms with Crippen molar-refractivity contribution in [1.29, 1.82) is 0 Å².